The van der Waals surface area contributed by atoms with Crippen LogP contribution in [0.3, 0.4) is 0 Å². The van der Waals surface area contributed by atoms with E-state index in [2.05, 4.69) is 5.32 Å². The van der Waals surface area contributed by atoms with Gasteiger partial charge in [-0.15, -0.1) is 0 Å². The molecule has 0 fully saturated rings. The van der Waals surface area contributed by atoms with Crippen LogP contribution in [0.4, 0.5) is 0 Å². The largest absolute Gasteiger partial charge is 0.493 e. The molecule has 18 heavy (non-hydrogen) atoms. The second kappa shape index (κ2) is 7.38. The molecule has 1 N–H and O–H groups in total. The molecule has 4 nitrogen and oxygen atoms in total. The van der Waals surface area contributed by atoms with Crippen LogP contribution in [0.5, 0.6) is 11.5 Å². The summed E-state index contributed by atoms with van der Waals surface area (Å²) in [5.41, 5.74) is 1.05. The molecule has 0 aliphatic carbocycles. The summed E-state index contributed by atoms with van der Waals surface area (Å²) in [6.45, 7) is 1.93. The Morgan fingerprint density at radius 2 is 1.94 bits per heavy atom. The van der Waals surface area contributed by atoms with Crippen molar-refractivity contribution in [3.63, 3.8) is 0 Å². The van der Waals surface area contributed by atoms with Crippen LogP contribution in [0.1, 0.15) is 18.5 Å². The Morgan fingerprint density at radius 1 is 1.28 bits per heavy atom. The molecule has 0 bridgehead atoms. The molecule has 0 amide bonds. The first-order valence-electron chi connectivity index (χ1n) is 5.90. The Labute approximate surface area is 111 Å². The SMILES string of the molecule is CCS(=O)CC(NC)c1ccc(OC)c(OC)c1. The summed E-state index contributed by atoms with van der Waals surface area (Å²) in [4.78, 5) is 0. The van der Waals surface area contributed by atoms with Gasteiger partial charge in [0.15, 0.2) is 11.5 Å². The molecule has 0 radical (unpaired) electrons. The second-order valence-electron chi connectivity index (χ2n) is 3.85. The first-order valence-corrected chi connectivity index (χ1v) is 7.39. The number of methoxy groups -OCH3 is 2. The summed E-state index contributed by atoms with van der Waals surface area (Å²) in [6, 6.07) is 5.82. The zero-order valence-electron chi connectivity index (χ0n) is 11.4. The van der Waals surface area contributed by atoms with Crippen LogP contribution in [0, 0.1) is 0 Å². The van der Waals surface area contributed by atoms with E-state index in [4.69, 9.17) is 9.47 Å². The van der Waals surface area contributed by atoms with Gasteiger partial charge in [0.25, 0.3) is 0 Å². The van der Waals surface area contributed by atoms with E-state index in [9.17, 15) is 4.21 Å². The molecule has 2 atom stereocenters. The van der Waals surface area contributed by atoms with Gasteiger partial charge in [0.2, 0.25) is 0 Å². The van der Waals surface area contributed by atoms with Crippen LogP contribution in [-0.4, -0.2) is 37.0 Å². The highest BCUT2D eigenvalue weighted by Crippen LogP contribution is 2.30. The first kappa shape index (κ1) is 15.0. The zero-order valence-corrected chi connectivity index (χ0v) is 12.2. The van der Waals surface area contributed by atoms with Crippen molar-refractivity contribution in [3.05, 3.63) is 23.8 Å². The summed E-state index contributed by atoms with van der Waals surface area (Å²) in [7, 11) is 4.28. The molecule has 0 saturated carbocycles. The van der Waals surface area contributed by atoms with Gasteiger partial charge < -0.3 is 14.8 Å². The predicted octanol–water partition coefficient (Wildman–Crippen LogP) is 1.73. The Morgan fingerprint density at radius 3 is 2.44 bits per heavy atom. The highest BCUT2D eigenvalue weighted by Gasteiger charge is 2.14. The maximum Gasteiger partial charge on any atom is 0.161 e. The van der Waals surface area contributed by atoms with Gasteiger partial charge in [0, 0.05) is 28.3 Å². The van der Waals surface area contributed by atoms with E-state index in [1.165, 1.54) is 0 Å². The second-order valence-corrected chi connectivity index (χ2v) is 5.64. The molecule has 0 heterocycles. The van der Waals surface area contributed by atoms with Crippen molar-refractivity contribution in [2.45, 2.75) is 13.0 Å². The van der Waals surface area contributed by atoms with E-state index >= 15 is 0 Å². The molecule has 1 aromatic carbocycles. The van der Waals surface area contributed by atoms with E-state index in [-0.39, 0.29) is 6.04 Å². The Balaban J connectivity index is 2.95. The van der Waals surface area contributed by atoms with E-state index in [1.54, 1.807) is 14.2 Å². The average molecular weight is 271 g/mol. The molecular formula is C13H21NO3S. The van der Waals surface area contributed by atoms with Crippen molar-refractivity contribution in [3.8, 4) is 11.5 Å². The van der Waals surface area contributed by atoms with Gasteiger partial charge in [-0.2, -0.15) is 0 Å². The lowest BCUT2D eigenvalue weighted by molar-refractivity contribution is 0.354. The lowest BCUT2D eigenvalue weighted by atomic mass is 10.1. The first-order chi connectivity index (χ1) is 8.65. The molecule has 0 saturated heterocycles. The van der Waals surface area contributed by atoms with Crippen molar-refractivity contribution in [2.24, 2.45) is 0 Å². The van der Waals surface area contributed by atoms with Gasteiger partial charge in [0.05, 0.1) is 14.2 Å². The molecule has 0 aromatic heterocycles. The molecule has 0 aliphatic rings. The van der Waals surface area contributed by atoms with Crippen LogP contribution in [0.15, 0.2) is 18.2 Å². The number of nitrogens with one attached hydrogen (secondary N) is 1. The third-order valence-corrected chi connectivity index (χ3v) is 4.18. The molecule has 102 valence electrons. The standard InChI is InChI=1S/C13H21NO3S/c1-5-18(15)9-11(14-2)10-6-7-12(16-3)13(8-10)17-4/h6-8,11,14H,5,9H2,1-4H3. The van der Waals surface area contributed by atoms with Gasteiger partial charge >= 0.3 is 0 Å². The Kier molecular flexibility index (Phi) is 6.15. The molecule has 0 aliphatic heterocycles. The summed E-state index contributed by atoms with van der Waals surface area (Å²) >= 11 is 0. The van der Waals surface area contributed by atoms with Crippen molar-refractivity contribution < 1.29 is 13.7 Å². The van der Waals surface area contributed by atoms with Gasteiger partial charge in [-0.3, -0.25) is 4.21 Å². The summed E-state index contributed by atoms with van der Waals surface area (Å²) in [5, 5.41) is 3.18. The fraction of sp³-hybridized carbons (Fsp3) is 0.538. The maximum atomic E-state index is 11.6. The van der Waals surface area contributed by atoms with E-state index in [1.807, 2.05) is 32.2 Å². The van der Waals surface area contributed by atoms with Crippen LogP contribution in [0.2, 0.25) is 0 Å². The van der Waals surface area contributed by atoms with Gasteiger partial charge in [-0.1, -0.05) is 13.0 Å². The smallest absolute Gasteiger partial charge is 0.161 e. The zero-order chi connectivity index (χ0) is 13.5. The monoisotopic (exact) mass is 271 g/mol. The molecular weight excluding hydrogens is 250 g/mol. The summed E-state index contributed by atoms with van der Waals surface area (Å²) < 4.78 is 22.1. The highest BCUT2D eigenvalue weighted by molar-refractivity contribution is 7.84. The minimum Gasteiger partial charge on any atom is -0.493 e. The molecule has 1 aromatic rings. The number of benzene rings is 1. The normalized spacial score (nSPS) is 14.0. The van der Waals surface area contributed by atoms with Crippen molar-refractivity contribution in [1.29, 1.82) is 0 Å². The number of hydrogen-bond acceptors (Lipinski definition) is 4. The molecule has 2 unspecified atom stereocenters. The number of ether oxygens (including phenoxy) is 2. The molecule has 0 spiro atoms. The fourth-order valence-electron chi connectivity index (χ4n) is 1.72. The van der Waals surface area contributed by atoms with Gasteiger partial charge in [-0.25, -0.2) is 0 Å². The number of hydrogen-bond donors (Lipinski definition) is 1. The minimum atomic E-state index is -0.808. The van der Waals surface area contributed by atoms with E-state index < -0.39 is 10.8 Å². The Bertz CT molecular complexity index is 409. The third-order valence-electron chi connectivity index (χ3n) is 2.83. The summed E-state index contributed by atoms with van der Waals surface area (Å²) in [6.07, 6.45) is 0. The summed E-state index contributed by atoms with van der Waals surface area (Å²) in [5.74, 6) is 2.67. The quantitative estimate of drug-likeness (QED) is 0.820. The minimum absolute atomic E-state index is 0.0607. The fourth-order valence-corrected chi connectivity index (χ4v) is 2.69. The maximum absolute atomic E-state index is 11.6. The van der Waals surface area contributed by atoms with Crippen LogP contribution >= 0.6 is 0 Å². The predicted molar refractivity (Wildman–Crippen MR) is 74.9 cm³/mol. The van der Waals surface area contributed by atoms with Crippen LogP contribution in [0.25, 0.3) is 0 Å². The molecule has 5 heteroatoms. The Hall–Kier alpha value is -1.07. The van der Waals surface area contributed by atoms with Crippen molar-refractivity contribution in [2.75, 3.05) is 32.8 Å². The van der Waals surface area contributed by atoms with E-state index in [0.717, 1.165) is 5.56 Å². The van der Waals surface area contributed by atoms with Crippen molar-refractivity contribution >= 4 is 10.8 Å². The highest BCUT2D eigenvalue weighted by atomic mass is 32.2. The average Bonchev–Trinajstić information content (AvgIpc) is 2.43. The van der Waals surface area contributed by atoms with Crippen molar-refractivity contribution in [1.82, 2.24) is 5.32 Å². The van der Waals surface area contributed by atoms with Gasteiger partial charge in [-0.05, 0) is 24.7 Å². The van der Waals surface area contributed by atoms with Crippen LogP contribution in [-0.2, 0) is 10.8 Å². The lowest BCUT2D eigenvalue weighted by Gasteiger charge is -2.17. The third kappa shape index (κ3) is 3.71. The number of rotatable bonds is 7. The van der Waals surface area contributed by atoms with E-state index in [0.29, 0.717) is 23.0 Å². The molecule has 1 rings (SSSR count). The topological polar surface area (TPSA) is 47.6 Å². The lowest BCUT2D eigenvalue weighted by Crippen LogP contribution is -2.23. The van der Waals surface area contributed by atoms with Crippen LogP contribution < -0.4 is 14.8 Å². The van der Waals surface area contributed by atoms with Gasteiger partial charge in [0.1, 0.15) is 0 Å².